The summed E-state index contributed by atoms with van der Waals surface area (Å²) in [6.45, 7) is 28.8. The van der Waals surface area contributed by atoms with E-state index in [2.05, 4.69) is 324 Å². The van der Waals surface area contributed by atoms with Gasteiger partial charge in [-0.25, -0.2) is 0 Å². The molecular formula is C82H74Si2. The van der Waals surface area contributed by atoms with Gasteiger partial charge in [-0.2, -0.15) is 0 Å². The highest BCUT2D eigenvalue weighted by atomic mass is 28.3. The van der Waals surface area contributed by atoms with E-state index < -0.39 is 16.1 Å². The van der Waals surface area contributed by atoms with Gasteiger partial charge >= 0.3 is 0 Å². The largest absolute Gasteiger partial charge is 0.146 e. The van der Waals surface area contributed by atoms with Crippen molar-refractivity contribution in [3.05, 3.63) is 228 Å². The van der Waals surface area contributed by atoms with E-state index >= 15 is 0 Å². The molecule has 2 heteroatoms. The lowest BCUT2D eigenvalue weighted by molar-refractivity contribution is 0.838. The molecule has 0 aliphatic heterocycles. The summed E-state index contributed by atoms with van der Waals surface area (Å²) in [4.78, 5) is 0. The molecule has 0 nitrogen and oxygen atoms in total. The third-order valence-electron chi connectivity index (χ3n) is 19.0. The van der Waals surface area contributed by atoms with Crippen LogP contribution in [0.5, 0.6) is 0 Å². The molecule has 0 spiro atoms. The number of rotatable bonds is 7. The second-order valence-corrected chi connectivity index (χ2v) is 36.6. The van der Waals surface area contributed by atoms with Gasteiger partial charge in [-0.05, 0) is 203 Å². The van der Waals surface area contributed by atoms with Gasteiger partial charge < -0.3 is 0 Å². The molecule has 0 atom stereocenters. The summed E-state index contributed by atoms with van der Waals surface area (Å²) in [6, 6.07) is 71.1. The van der Waals surface area contributed by atoms with Gasteiger partial charge in [-0.1, -0.05) is 240 Å². The van der Waals surface area contributed by atoms with Crippen molar-refractivity contribution in [1.29, 1.82) is 0 Å². The molecule has 0 saturated heterocycles. The van der Waals surface area contributed by atoms with Crippen LogP contribution in [0, 0.1) is 46.6 Å². The molecule has 12 rings (SSSR count). The van der Waals surface area contributed by atoms with Crippen molar-refractivity contribution in [2.45, 2.75) is 116 Å². The Balaban J connectivity index is 0.937. The van der Waals surface area contributed by atoms with Crippen molar-refractivity contribution in [2.75, 3.05) is 0 Å². The first kappa shape index (κ1) is 55.9. The average molecular weight is 1120 g/mol. The van der Waals surface area contributed by atoms with Crippen LogP contribution in [0.3, 0.4) is 0 Å². The average Bonchev–Trinajstić information content (AvgIpc) is 2.52. The molecular weight excluding hydrogens is 1040 g/mol. The Hall–Kier alpha value is -8.61. The highest BCUT2D eigenvalue weighted by Gasteiger charge is 2.43. The van der Waals surface area contributed by atoms with Crippen LogP contribution in [0.2, 0.25) is 33.2 Å². The van der Waals surface area contributed by atoms with Crippen LogP contribution in [0.4, 0.5) is 0 Å². The molecule has 0 aliphatic rings. The zero-order valence-corrected chi connectivity index (χ0v) is 52.9. The van der Waals surface area contributed by atoms with E-state index in [4.69, 9.17) is 0 Å². The molecule has 0 saturated carbocycles. The molecule has 0 fully saturated rings. The normalized spacial score (nSPS) is 12.1. The molecule has 0 aliphatic carbocycles. The predicted molar refractivity (Wildman–Crippen MR) is 373 cm³/mol. The van der Waals surface area contributed by atoms with Gasteiger partial charge in [0, 0.05) is 33.4 Å². The van der Waals surface area contributed by atoms with Crippen molar-refractivity contribution in [3.63, 3.8) is 0 Å². The van der Waals surface area contributed by atoms with Crippen LogP contribution in [0.1, 0.15) is 116 Å². The maximum atomic E-state index is 4.12. The number of benzene rings is 12. The maximum absolute atomic E-state index is 4.12. The third kappa shape index (κ3) is 9.87. The summed E-state index contributed by atoms with van der Waals surface area (Å²) in [6.07, 6.45) is 0. The van der Waals surface area contributed by atoms with E-state index in [0.29, 0.717) is 33.2 Å². The van der Waals surface area contributed by atoms with Crippen molar-refractivity contribution in [3.8, 4) is 57.7 Å². The quantitative estimate of drug-likeness (QED) is 0.0848. The molecule has 0 heterocycles. The molecule has 410 valence electrons. The van der Waals surface area contributed by atoms with Crippen LogP contribution in [0.25, 0.3) is 97.3 Å². The molecule has 0 N–H and O–H groups in total. The third-order valence-corrected chi connectivity index (χ3v) is 31.6. The fraction of sp³-hybridized carbons (Fsp3) is 0.220. The summed E-state index contributed by atoms with van der Waals surface area (Å²) in [5.74, 6) is 22.8. The minimum atomic E-state index is -2.06. The van der Waals surface area contributed by atoms with Crippen LogP contribution in [-0.2, 0) is 0 Å². The van der Waals surface area contributed by atoms with E-state index in [9.17, 15) is 0 Å². The lowest BCUT2D eigenvalue weighted by Crippen LogP contribution is -2.43. The van der Waals surface area contributed by atoms with Crippen LogP contribution in [-0.4, -0.2) is 16.1 Å². The number of fused-ring (bicyclic) bond motifs is 8. The van der Waals surface area contributed by atoms with E-state index in [1.807, 2.05) is 0 Å². The van der Waals surface area contributed by atoms with Gasteiger partial charge in [0.2, 0.25) is 0 Å². The lowest BCUT2D eigenvalue weighted by atomic mass is 9.88. The Labute approximate surface area is 500 Å². The van der Waals surface area contributed by atoms with Crippen molar-refractivity contribution < 1.29 is 0 Å². The predicted octanol–water partition coefficient (Wildman–Crippen LogP) is 22.5. The van der Waals surface area contributed by atoms with Gasteiger partial charge in [-0.3, -0.25) is 0 Å². The minimum absolute atomic E-state index is 0.526. The standard InChI is InChI=1S/C82H74Si2/c1-53(2)83(54(3)4,55(5)6)43-41-73-79-49-67-25-17-13-21-63(67)45-75(79)71(76-46-64-22-14-18-26-68(64)50-80(73)76)39-33-59-29-35-61(36-30-59)62-37-31-60(32-38-62)34-40-72-77-47-65-23-15-19-27-69(65)51-81(77)74(42-44-84(56(7)8,57(9)10)58(11)12)82-52-70-28-20-16-24-66(70)48-78(72)82/h13-32,35-38,45-58H,1-12H3. The maximum Gasteiger partial charge on any atom is 0.146 e. The topological polar surface area (TPSA) is 0 Å². The first-order chi connectivity index (χ1) is 40.5. The summed E-state index contributed by atoms with van der Waals surface area (Å²) in [5, 5.41) is 18.9. The molecule has 0 aromatic heterocycles. The van der Waals surface area contributed by atoms with Gasteiger partial charge in [-0.15, -0.1) is 11.1 Å². The second kappa shape index (κ2) is 22.5. The molecule has 0 unspecified atom stereocenters. The summed E-state index contributed by atoms with van der Waals surface area (Å²) >= 11 is 0. The Morgan fingerprint density at radius 3 is 0.607 bits per heavy atom. The summed E-state index contributed by atoms with van der Waals surface area (Å²) in [7, 11) is -4.12. The number of hydrogen-bond donors (Lipinski definition) is 0. The second-order valence-electron chi connectivity index (χ2n) is 25.4. The summed E-state index contributed by atoms with van der Waals surface area (Å²) in [5.41, 5.74) is 19.9. The fourth-order valence-electron chi connectivity index (χ4n) is 14.7. The number of hydrogen-bond acceptors (Lipinski definition) is 0. The molecule has 0 bridgehead atoms. The zero-order valence-electron chi connectivity index (χ0n) is 50.9. The monoisotopic (exact) mass is 1110 g/mol. The van der Waals surface area contributed by atoms with Gasteiger partial charge in [0.1, 0.15) is 16.1 Å². The van der Waals surface area contributed by atoms with Gasteiger partial charge in [0.05, 0.1) is 0 Å². The molecule has 0 amide bonds. The Morgan fingerprint density at radius 2 is 0.417 bits per heavy atom. The SMILES string of the molecule is CC(C)[Si](C#Cc1c2cc3ccccc3cc2c(C#Cc2ccc(-c3ccc(C#Cc4c5cc6ccccc6cc5c(C#C[Si](C(C)C)(C(C)C)C(C)C)c5cc6ccccc6cc45)cc3)cc2)c2cc3ccccc3cc12)(C(C)C)C(C)C. The highest BCUT2D eigenvalue weighted by molar-refractivity contribution is 6.91. The smallest absolute Gasteiger partial charge is 0.125 e. The lowest BCUT2D eigenvalue weighted by Gasteiger charge is -2.38. The fourth-order valence-corrected chi connectivity index (χ4v) is 25.1. The van der Waals surface area contributed by atoms with E-state index in [0.717, 1.165) is 66.1 Å². The van der Waals surface area contributed by atoms with Crippen molar-refractivity contribution >= 4 is 102 Å². The molecule has 12 aromatic carbocycles. The Bertz CT molecular complexity index is 4320. The van der Waals surface area contributed by atoms with E-state index in [1.54, 1.807) is 0 Å². The van der Waals surface area contributed by atoms with Crippen molar-refractivity contribution in [2.24, 2.45) is 0 Å². The van der Waals surface area contributed by atoms with Crippen molar-refractivity contribution in [1.82, 2.24) is 0 Å². The van der Waals surface area contributed by atoms with Crippen LogP contribution >= 0.6 is 0 Å². The first-order valence-corrected chi connectivity index (χ1v) is 34.9. The first-order valence-electron chi connectivity index (χ1n) is 30.5. The van der Waals surface area contributed by atoms with Crippen LogP contribution < -0.4 is 0 Å². The Kier molecular flexibility index (Phi) is 15.0. The van der Waals surface area contributed by atoms with Crippen LogP contribution in [0.15, 0.2) is 194 Å². The van der Waals surface area contributed by atoms with Gasteiger partial charge in [0.15, 0.2) is 0 Å². The van der Waals surface area contributed by atoms with E-state index in [1.165, 1.54) is 64.6 Å². The zero-order chi connectivity index (χ0) is 58.6. The Morgan fingerprint density at radius 1 is 0.226 bits per heavy atom. The van der Waals surface area contributed by atoms with Gasteiger partial charge in [0.25, 0.3) is 0 Å². The minimum Gasteiger partial charge on any atom is -0.125 e. The highest BCUT2D eigenvalue weighted by Crippen LogP contribution is 2.45. The summed E-state index contributed by atoms with van der Waals surface area (Å²) < 4.78 is 0. The van der Waals surface area contributed by atoms with E-state index in [-0.39, 0.29) is 0 Å². The molecule has 0 radical (unpaired) electrons. The molecule has 12 aromatic rings. The molecule has 84 heavy (non-hydrogen) atoms.